The Labute approximate surface area is 200 Å². The summed E-state index contributed by atoms with van der Waals surface area (Å²) in [5, 5.41) is 3.31. The van der Waals surface area contributed by atoms with Crippen LogP contribution in [0.5, 0.6) is 17.2 Å². The van der Waals surface area contributed by atoms with E-state index in [1.54, 1.807) is 14.0 Å². The van der Waals surface area contributed by atoms with Crippen LogP contribution in [0.4, 0.5) is 5.13 Å². The van der Waals surface area contributed by atoms with Crippen LogP contribution < -0.4 is 19.5 Å². The van der Waals surface area contributed by atoms with Crippen LogP contribution in [0.3, 0.4) is 0 Å². The van der Waals surface area contributed by atoms with E-state index < -0.39 is 11.4 Å². The quantitative estimate of drug-likeness (QED) is 0.480. The highest BCUT2D eigenvalue weighted by Gasteiger charge is 2.52. The molecule has 34 heavy (non-hydrogen) atoms. The Kier molecular flexibility index (Phi) is 5.87. The highest BCUT2D eigenvalue weighted by molar-refractivity contribution is 7.16. The average molecular weight is 481 g/mol. The number of esters is 1. The number of rotatable bonds is 8. The molecule has 176 valence electrons. The average Bonchev–Trinajstić information content (AvgIpc) is 3.36. The number of methoxy groups -OCH3 is 1. The summed E-state index contributed by atoms with van der Waals surface area (Å²) in [7, 11) is 1.61. The van der Waals surface area contributed by atoms with Gasteiger partial charge in [-0.25, -0.2) is 9.78 Å². The van der Waals surface area contributed by atoms with E-state index in [0.717, 1.165) is 29.7 Å². The van der Waals surface area contributed by atoms with Crippen LogP contribution in [-0.4, -0.2) is 37.4 Å². The number of aromatic nitrogens is 1. The Balaban J connectivity index is 1.41. The lowest BCUT2D eigenvalue weighted by molar-refractivity contribution is -0.118. The highest BCUT2D eigenvalue weighted by Crippen LogP contribution is 2.51. The van der Waals surface area contributed by atoms with Crippen LogP contribution >= 0.6 is 11.3 Å². The maximum absolute atomic E-state index is 13.3. The lowest BCUT2D eigenvalue weighted by Gasteiger charge is -2.15. The Morgan fingerprint density at radius 1 is 1.15 bits per heavy atom. The van der Waals surface area contributed by atoms with Crippen molar-refractivity contribution in [3.05, 3.63) is 64.2 Å². The van der Waals surface area contributed by atoms with Gasteiger partial charge in [0.1, 0.15) is 5.75 Å². The van der Waals surface area contributed by atoms with Crippen LogP contribution in [0, 0.1) is 0 Å². The second kappa shape index (κ2) is 8.98. The molecule has 1 fully saturated rings. The molecule has 0 unspecified atom stereocenters. The number of para-hydroxylation sites is 1. The van der Waals surface area contributed by atoms with Crippen molar-refractivity contribution < 1.29 is 28.5 Å². The fourth-order valence-electron chi connectivity index (χ4n) is 4.09. The first-order valence-electron chi connectivity index (χ1n) is 11.0. The lowest BCUT2D eigenvalue weighted by atomic mass is 9.94. The summed E-state index contributed by atoms with van der Waals surface area (Å²) in [6.45, 7) is 2.16. The first-order valence-corrected chi connectivity index (χ1v) is 11.9. The molecule has 2 heterocycles. The van der Waals surface area contributed by atoms with Crippen molar-refractivity contribution in [1.29, 1.82) is 0 Å². The summed E-state index contributed by atoms with van der Waals surface area (Å²) >= 11 is 1.27. The zero-order valence-corrected chi connectivity index (χ0v) is 19.7. The van der Waals surface area contributed by atoms with Gasteiger partial charge in [0.25, 0.3) is 0 Å². The number of nitrogens with zero attached hydrogens (tertiary/aromatic N) is 1. The third-order valence-electron chi connectivity index (χ3n) is 6.04. The maximum atomic E-state index is 13.3. The van der Waals surface area contributed by atoms with E-state index in [2.05, 4.69) is 10.3 Å². The number of anilines is 1. The molecule has 1 amide bonds. The minimum atomic E-state index is -0.639. The number of thiazole rings is 1. The van der Waals surface area contributed by atoms with Crippen molar-refractivity contribution in [3.8, 4) is 17.2 Å². The SMILES string of the molecule is CCOC(=O)c1nc(NC(=O)C2(c3ccc4c(c3)OCO4)CC2)sc1Cc1ccccc1OC. The Bertz CT molecular complexity index is 1250. The van der Waals surface area contributed by atoms with E-state index in [0.29, 0.717) is 27.9 Å². The fourth-order valence-corrected chi connectivity index (χ4v) is 5.06. The molecule has 8 nitrogen and oxygen atoms in total. The fraction of sp³-hybridized carbons (Fsp3) is 0.320. The molecule has 0 spiro atoms. The number of carbonyl (C=O) groups excluding carboxylic acids is 2. The highest BCUT2D eigenvalue weighted by atomic mass is 32.1. The van der Waals surface area contributed by atoms with Crippen molar-refractivity contribution in [2.75, 3.05) is 25.8 Å². The van der Waals surface area contributed by atoms with Crippen molar-refractivity contribution in [3.63, 3.8) is 0 Å². The number of hydrogen-bond donors (Lipinski definition) is 1. The molecule has 2 aromatic carbocycles. The normalized spacial score (nSPS) is 15.0. The topological polar surface area (TPSA) is 96.0 Å². The smallest absolute Gasteiger partial charge is 0.358 e. The predicted octanol–water partition coefficient (Wildman–Crippen LogP) is 4.32. The zero-order valence-electron chi connectivity index (χ0n) is 18.9. The largest absolute Gasteiger partial charge is 0.496 e. The van der Waals surface area contributed by atoms with Gasteiger partial charge in [-0.3, -0.25) is 4.79 Å². The number of fused-ring (bicyclic) bond motifs is 1. The van der Waals surface area contributed by atoms with Gasteiger partial charge in [0.2, 0.25) is 12.7 Å². The van der Waals surface area contributed by atoms with E-state index >= 15 is 0 Å². The first kappa shape index (κ1) is 22.2. The zero-order chi connectivity index (χ0) is 23.7. The molecule has 1 aromatic heterocycles. The molecule has 1 aliphatic carbocycles. The van der Waals surface area contributed by atoms with Gasteiger partial charge in [-0.05, 0) is 49.1 Å². The monoisotopic (exact) mass is 480 g/mol. The lowest BCUT2D eigenvalue weighted by Crippen LogP contribution is -2.27. The molecule has 0 atom stereocenters. The van der Waals surface area contributed by atoms with E-state index in [1.807, 2.05) is 42.5 Å². The summed E-state index contributed by atoms with van der Waals surface area (Å²) in [6.07, 6.45) is 1.88. The molecule has 3 aromatic rings. The predicted molar refractivity (Wildman–Crippen MR) is 126 cm³/mol. The third kappa shape index (κ3) is 4.07. The van der Waals surface area contributed by atoms with Gasteiger partial charge in [-0.15, -0.1) is 11.3 Å². The van der Waals surface area contributed by atoms with Crippen molar-refractivity contribution in [2.24, 2.45) is 0 Å². The summed E-state index contributed by atoms with van der Waals surface area (Å²) < 4.78 is 21.5. The van der Waals surface area contributed by atoms with E-state index in [-0.39, 0.29) is 25.0 Å². The van der Waals surface area contributed by atoms with Gasteiger partial charge < -0.3 is 24.3 Å². The molecule has 1 saturated carbocycles. The number of nitrogens with one attached hydrogen (secondary N) is 1. The van der Waals surface area contributed by atoms with E-state index in [9.17, 15) is 9.59 Å². The van der Waals surface area contributed by atoms with Crippen molar-refractivity contribution >= 4 is 28.3 Å². The van der Waals surface area contributed by atoms with Crippen molar-refractivity contribution in [1.82, 2.24) is 4.98 Å². The molecular weight excluding hydrogens is 456 g/mol. The second-order valence-corrected chi connectivity index (χ2v) is 9.19. The van der Waals surface area contributed by atoms with Crippen LogP contribution in [-0.2, 0) is 21.4 Å². The van der Waals surface area contributed by atoms with Gasteiger partial charge in [0.15, 0.2) is 22.3 Å². The maximum Gasteiger partial charge on any atom is 0.358 e. The number of carbonyl (C=O) groups is 2. The van der Waals surface area contributed by atoms with Gasteiger partial charge in [-0.2, -0.15) is 0 Å². The molecule has 0 saturated heterocycles. The molecular formula is C25H24N2O6S. The van der Waals surface area contributed by atoms with Crippen LogP contribution in [0.2, 0.25) is 0 Å². The summed E-state index contributed by atoms with van der Waals surface area (Å²) in [6, 6.07) is 13.2. The number of ether oxygens (including phenoxy) is 4. The Morgan fingerprint density at radius 3 is 2.71 bits per heavy atom. The molecule has 0 bridgehead atoms. The molecule has 0 radical (unpaired) electrons. The van der Waals surface area contributed by atoms with Crippen LogP contribution in [0.25, 0.3) is 0 Å². The van der Waals surface area contributed by atoms with Gasteiger partial charge in [0.05, 0.1) is 19.1 Å². The molecule has 9 heteroatoms. The standard InChI is InChI=1S/C25H24N2O6S/c1-3-31-22(28)21-20(12-15-6-4-5-7-17(15)30-2)34-24(26-21)27-23(29)25(10-11-25)16-8-9-18-19(13-16)33-14-32-18/h4-9,13H,3,10-12,14H2,1-2H3,(H,26,27,29). The Hall–Kier alpha value is -3.59. The third-order valence-corrected chi connectivity index (χ3v) is 7.01. The first-order chi connectivity index (χ1) is 16.5. The summed E-state index contributed by atoms with van der Waals surface area (Å²) in [5.74, 6) is 1.38. The van der Waals surface area contributed by atoms with E-state index in [4.69, 9.17) is 18.9 Å². The van der Waals surface area contributed by atoms with E-state index in [1.165, 1.54) is 11.3 Å². The number of hydrogen-bond acceptors (Lipinski definition) is 8. The molecule has 1 N–H and O–H groups in total. The van der Waals surface area contributed by atoms with Gasteiger partial charge >= 0.3 is 5.97 Å². The van der Waals surface area contributed by atoms with Crippen LogP contribution in [0.15, 0.2) is 42.5 Å². The second-order valence-electron chi connectivity index (χ2n) is 8.10. The Morgan fingerprint density at radius 2 is 1.94 bits per heavy atom. The summed E-state index contributed by atoms with van der Waals surface area (Å²) in [5.41, 5.74) is 1.36. The van der Waals surface area contributed by atoms with Gasteiger partial charge in [-0.1, -0.05) is 24.3 Å². The number of benzene rings is 2. The molecule has 1 aliphatic heterocycles. The van der Waals surface area contributed by atoms with Crippen LogP contribution in [0.1, 0.15) is 46.3 Å². The summed E-state index contributed by atoms with van der Waals surface area (Å²) in [4.78, 5) is 31.1. The molecule has 5 rings (SSSR count). The van der Waals surface area contributed by atoms with Crippen molar-refractivity contribution in [2.45, 2.75) is 31.6 Å². The molecule has 2 aliphatic rings. The minimum Gasteiger partial charge on any atom is -0.496 e. The minimum absolute atomic E-state index is 0.153. The number of amides is 1. The van der Waals surface area contributed by atoms with Gasteiger partial charge in [0, 0.05) is 11.3 Å².